The van der Waals surface area contributed by atoms with E-state index in [1.165, 1.54) is 0 Å². The molecule has 1 atom stereocenters. The van der Waals surface area contributed by atoms with Gasteiger partial charge in [-0.25, -0.2) is 8.42 Å². The summed E-state index contributed by atoms with van der Waals surface area (Å²) in [5.41, 5.74) is 8.21. The van der Waals surface area contributed by atoms with Crippen molar-refractivity contribution in [3.05, 3.63) is 29.3 Å². The van der Waals surface area contributed by atoms with Gasteiger partial charge in [-0.1, -0.05) is 17.7 Å². The van der Waals surface area contributed by atoms with Gasteiger partial charge >= 0.3 is 0 Å². The van der Waals surface area contributed by atoms with Crippen molar-refractivity contribution in [1.82, 2.24) is 0 Å². The highest BCUT2D eigenvalue weighted by Gasteiger charge is 2.30. The monoisotopic (exact) mass is 269 g/mol. The Bertz CT molecular complexity index is 525. The Morgan fingerprint density at radius 1 is 1.33 bits per heavy atom. The lowest BCUT2D eigenvalue weighted by Crippen LogP contribution is -2.27. The van der Waals surface area contributed by atoms with Gasteiger partial charge in [-0.3, -0.25) is 0 Å². The maximum absolute atomic E-state index is 11.4. The van der Waals surface area contributed by atoms with E-state index >= 15 is 0 Å². The summed E-state index contributed by atoms with van der Waals surface area (Å²) < 4.78 is 22.7. The van der Waals surface area contributed by atoms with Crippen molar-refractivity contribution in [3.8, 4) is 0 Å². The number of sulfone groups is 1. The molecule has 2 rings (SSSR count). The van der Waals surface area contributed by atoms with Crippen LogP contribution in [0.3, 0.4) is 0 Å². The molecular weight excluding hydrogens is 250 g/mol. The summed E-state index contributed by atoms with van der Waals surface area (Å²) in [6.45, 7) is 1.95. The smallest absolute Gasteiger partial charge is 0.150 e. The van der Waals surface area contributed by atoms with Gasteiger partial charge in [-0.15, -0.1) is 0 Å². The van der Waals surface area contributed by atoms with E-state index in [1.54, 1.807) is 6.07 Å². The lowest BCUT2D eigenvalue weighted by Gasteiger charge is -2.27. The molecule has 1 fully saturated rings. The number of nitrogen functional groups attached to an aromatic ring is 1. The topological polar surface area (TPSA) is 80.4 Å². The highest BCUT2D eigenvalue weighted by atomic mass is 32.2. The minimum Gasteiger partial charge on any atom is -0.398 e. The van der Waals surface area contributed by atoms with Crippen molar-refractivity contribution < 1.29 is 13.5 Å². The quantitative estimate of drug-likeness (QED) is 0.796. The van der Waals surface area contributed by atoms with Crippen molar-refractivity contribution in [1.29, 1.82) is 0 Å². The van der Waals surface area contributed by atoms with Crippen LogP contribution in [0.25, 0.3) is 0 Å². The molecule has 1 unspecified atom stereocenters. The van der Waals surface area contributed by atoms with Gasteiger partial charge in [0.25, 0.3) is 0 Å². The van der Waals surface area contributed by atoms with Gasteiger partial charge in [-0.2, -0.15) is 0 Å². The Labute approximate surface area is 108 Å². The number of hydrogen-bond acceptors (Lipinski definition) is 4. The number of benzene rings is 1. The summed E-state index contributed by atoms with van der Waals surface area (Å²) in [6.07, 6.45) is 0.355. The average molecular weight is 269 g/mol. The molecule has 5 heteroatoms. The molecule has 0 amide bonds. The molecule has 0 aliphatic carbocycles. The van der Waals surface area contributed by atoms with Crippen molar-refractivity contribution in [2.45, 2.75) is 25.9 Å². The van der Waals surface area contributed by atoms with Gasteiger partial charge in [0.2, 0.25) is 0 Å². The summed E-state index contributed by atoms with van der Waals surface area (Å²) in [7, 11) is -2.89. The van der Waals surface area contributed by atoms with Crippen molar-refractivity contribution in [2.24, 2.45) is 5.92 Å². The van der Waals surface area contributed by atoms with Crippen LogP contribution < -0.4 is 5.73 Å². The molecule has 0 saturated carbocycles. The first-order valence-corrected chi connectivity index (χ1v) is 7.96. The van der Waals surface area contributed by atoms with Crippen LogP contribution in [0.4, 0.5) is 5.69 Å². The second kappa shape index (κ2) is 4.90. The molecule has 0 bridgehead atoms. The molecule has 0 aromatic heterocycles. The molecule has 1 aliphatic rings. The maximum Gasteiger partial charge on any atom is 0.150 e. The lowest BCUT2D eigenvalue weighted by atomic mass is 9.89. The van der Waals surface area contributed by atoms with Gasteiger partial charge < -0.3 is 10.8 Å². The molecule has 1 aromatic carbocycles. The molecule has 1 aromatic rings. The Hall–Kier alpha value is -1.07. The zero-order valence-corrected chi connectivity index (χ0v) is 11.3. The van der Waals surface area contributed by atoms with E-state index < -0.39 is 15.9 Å². The van der Waals surface area contributed by atoms with Crippen LogP contribution >= 0.6 is 0 Å². The second-order valence-electron chi connectivity index (χ2n) is 5.07. The third-order valence-electron chi connectivity index (χ3n) is 3.61. The van der Waals surface area contributed by atoms with Crippen LogP contribution in [-0.2, 0) is 9.84 Å². The minimum atomic E-state index is -2.89. The van der Waals surface area contributed by atoms with Gasteiger partial charge in [0.05, 0.1) is 17.6 Å². The van der Waals surface area contributed by atoms with Crippen LogP contribution in [0.1, 0.15) is 30.1 Å². The summed E-state index contributed by atoms with van der Waals surface area (Å²) in [4.78, 5) is 0. The molecule has 1 heterocycles. The van der Waals surface area contributed by atoms with Crippen LogP contribution in [0, 0.1) is 12.8 Å². The lowest BCUT2D eigenvalue weighted by molar-refractivity contribution is 0.103. The zero-order valence-electron chi connectivity index (χ0n) is 10.5. The van der Waals surface area contributed by atoms with Crippen LogP contribution in [0.2, 0.25) is 0 Å². The normalized spacial score (nSPS) is 21.7. The largest absolute Gasteiger partial charge is 0.398 e. The molecule has 0 spiro atoms. The Balaban J connectivity index is 2.17. The SMILES string of the molecule is Cc1ccc(N)c(C(O)C2CCS(=O)(=O)CC2)c1. The first-order chi connectivity index (χ1) is 8.39. The number of aliphatic hydroxyl groups is 1. The highest BCUT2D eigenvalue weighted by Crippen LogP contribution is 2.34. The van der Waals surface area contributed by atoms with E-state index in [1.807, 2.05) is 19.1 Å². The van der Waals surface area contributed by atoms with E-state index in [-0.39, 0.29) is 17.4 Å². The molecule has 1 saturated heterocycles. The number of hydrogen-bond donors (Lipinski definition) is 2. The van der Waals surface area contributed by atoms with E-state index in [0.29, 0.717) is 18.5 Å². The summed E-state index contributed by atoms with van der Waals surface area (Å²) in [6, 6.07) is 5.56. The summed E-state index contributed by atoms with van der Waals surface area (Å²) in [5.74, 6) is 0.318. The van der Waals surface area contributed by atoms with Gasteiger partial charge in [0.1, 0.15) is 9.84 Å². The number of aryl methyl sites for hydroxylation is 1. The maximum atomic E-state index is 11.4. The molecule has 100 valence electrons. The highest BCUT2D eigenvalue weighted by molar-refractivity contribution is 7.91. The average Bonchev–Trinajstić information content (AvgIpc) is 2.31. The second-order valence-corrected chi connectivity index (χ2v) is 7.37. The number of aliphatic hydroxyl groups excluding tert-OH is 1. The fraction of sp³-hybridized carbons (Fsp3) is 0.538. The third kappa shape index (κ3) is 2.84. The van der Waals surface area contributed by atoms with Gasteiger partial charge in [0, 0.05) is 11.3 Å². The number of nitrogens with two attached hydrogens (primary N) is 1. The third-order valence-corrected chi connectivity index (χ3v) is 5.32. The Kier molecular flexibility index (Phi) is 3.64. The first-order valence-electron chi connectivity index (χ1n) is 6.13. The first kappa shape index (κ1) is 13.4. The van der Waals surface area contributed by atoms with Crippen LogP contribution in [0.15, 0.2) is 18.2 Å². The molecule has 1 aliphatic heterocycles. The fourth-order valence-electron chi connectivity index (χ4n) is 2.43. The van der Waals surface area contributed by atoms with Gasteiger partial charge in [0.15, 0.2) is 0 Å². The summed E-state index contributed by atoms with van der Waals surface area (Å²) >= 11 is 0. The predicted molar refractivity (Wildman–Crippen MR) is 71.9 cm³/mol. The molecular formula is C13H19NO3S. The van der Waals surface area contributed by atoms with Crippen LogP contribution in [0.5, 0.6) is 0 Å². The van der Waals surface area contributed by atoms with Crippen molar-refractivity contribution in [3.63, 3.8) is 0 Å². The van der Waals surface area contributed by atoms with E-state index in [2.05, 4.69) is 0 Å². The van der Waals surface area contributed by atoms with E-state index in [4.69, 9.17) is 5.73 Å². The molecule has 0 radical (unpaired) electrons. The molecule has 3 N–H and O–H groups in total. The van der Waals surface area contributed by atoms with Crippen LogP contribution in [-0.4, -0.2) is 25.0 Å². The predicted octanol–water partition coefficient (Wildman–Crippen LogP) is 1.44. The number of rotatable bonds is 2. The van der Waals surface area contributed by atoms with E-state index in [9.17, 15) is 13.5 Å². The minimum absolute atomic E-state index is 0.0161. The standard InChI is InChI=1S/C13H19NO3S/c1-9-2-3-12(14)11(8-9)13(15)10-4-6-18(16,17)7-5-10/h2-3,8,10,13,15H,4-7,14H2,1H3. The van der Waals surface area contributed by atoms with Crippen molar-refractivity contribution >= 4 is 15.5 Å². The molecule has 4 nitrogen and oxygen atoms in total. The van der Waals surface area contributed by atoms with Crippen molar-refractivity contribution in [2.75, 3.05) is 17.2 Å². The number of anilines is 1. The van der Waals surface area contributed by atoms with E-state index in [0.717, 1.165) is 11.1 Å². The fourth-order valence-corrected chi connectivity index (χ4v) is 3.96. The Morgan fingerprint density at radius 3 is 2.56 bits per heavy atom. The Morgan fingerprint density at radius 2 is 1.94 bits per heavy atom. The summed E-state index contributed by atoms with van der Waals surface area (Å²) in [5, 5.41) is 10.3. The molecule has 18 heavy (non-hydrogen) atoms. The van der Waals surface area contributed by atoms with Gasteiger partial charge in [-0.05, 0) is 31.7 Å². The zero-order chi connectivity index (χ0) is 13.3.